The van der Waals surface area contributed by atoms with Gasteiger partial charge in [0.05, 0.1) is 12.2 Å². The maximum absolute atomic E-state index is 9.10. The van der Waals surface area contributed by atoms with Crippen LogP contribution in [0, 0.1) is 11.3 Å². The van der Waals surface area contributed by atoms with Gasteiger partial charge in [-0.05, 0) is 25.1 Å². The molecule has 5 nitrogen and oxygen atoms in total. The average molecular weight is 246 g/mol. The summed E-state index contributed by atoms with van der Waals surface area (Å²) in [5, 5.41) is 18.1. The standard InChI is InChI=1S/C13H18N4O/c14-11-12-3-1-4-15-13(12)17-6-2-5-16(7-8-17)9-10-18/h1,3-4,18H,2,5-10H2. The van der Waals surface area contributed by atoms with Gasteiger partial charge >= 0.3 is 0 Å². The first kappa shape index (κ1) is 12.8. The number of anilines is 1. The first-order valence-corrected chi connectivity index (χ1v) is 6.28. The molecule has 96 valence electrons. The van der Waals surface area contributed by atoms with Gasteiger partial charge in [0, 0.05) is 32.4 Å². The molecule has 0 radical (unpaired) electrons. The summed E-state index contributed by atoms with van der Waals surface area (Å²) in [6, 6.07) is 5.79. The van der Waals surface area contributed by atoms with Gasteiger partial charge < -0.3 is 10.0 Å². The molecule has 1 aliphatic heterocycles. The number of aromatic nitrogens is 1. The summed E-state index contributed by atoms with van der Waals surface area (Å²) in [5.41, 5.74) is 0.633. The maximum Gasteiger partial charge on any atom is 0.146 e. The molecule has 1 fully saturated rings. The van der Waals surface area contributed by atoms with E-state index >= 15 is 0 Å². The first-order chi connectivity index (χ1) is 8.85. The first-order valence-electron chi connectivity index (χ1n) is 6.28. The van der Waals surface area contributed by atoms with Gasteiger partial charge in [-0.1, -0.05) is 0 Å². The molecule has 5 heteroatoms. The normalized spacial score (nSPS) is 17.2. The van der Waals surface area contributed by atoms with Crippen LogP contribution in [-0.2, 0) is 0 Å². The van der Waals surface area contributed by atoms with E-state index in [-0.39, 0.29) is 6.61 Å². The largest absolute Gasteiger partial charge is 0.395 e. The second-order valence-corrected chi connectivity index (χ2v) is 4.39. The van der Waals surface area contributed by atoms with Crippen molar-refractivity contribution >= 4 is 5.82 Å². The zero-order valence-electron chi connectivity index (χ0n) is 10.4. The number of β-amino-alcohol motifs (C(OH)–C–C–N with tert-alkyl or cyclic N) is 1. The molecule has 0 aliphatic carbocycles. The Bertz CT molecular complexity index is 429. The second-order valence-electron chi connectivity index (χ2n) is 4.39. The highest BCUT2D eigenvalue weighted by atomic mass is 16.3. The SMILES string of the molecule is N#Cc1cccnc1N1CCCN(CCO)CC1. The van der Waals surface area contributed by atoms with E-state index in [1.54, 1.807) is 18.3 Å². The third-order valence-electron chi connectivity index (χ3n) is 3.21. The van der Waals surface area contributed by atoms with Crippen molar-refractivity contribution in [1.29, 1.82) is 5.26 Å². The van der Waals surface area contributed by atoms with Gasteiger partial charge in [0.2, 0.25) is 0 Å². The summed E-state index contributed by atoms with van der Waals surface area (Å²) in [6.07, 6.45) is 2.76. The molecule has 1 saturated heterocycles. The molecule has 18 heavy (non-hydrogen) atoms. The Kier molecular flexibility index (Phi) is 4.51. The molecule has 0 atom stereocenters. The highest BCUT2D eigenvalue weighted by Crippen LogP contribution is 2.17. The zero-order chi connectivity index (χ0) is 12.8. The van der Waals surface area contributed by atoms with E-state index in [0.29, 0.717) is 5.56 Å². The highest BCUT2D eigenvalue weighted by molar-refractivity contribution is 5.53. The molecule has 1 aromatic heterocycles. The minimum absolute atomic E-state index is 0.201. The minimum atomic E-state index is 0.201. The van der Waals surface area contributed by atoms with Crippen LogP contribution in [0.3, 0.4) is 0 Å². The lowest BCUT2D eigenvalue weighted by atomic mass is 10.2. The lowest BCUT2D eigenvalue weighted by Gasteiger charge is -2.23. The predicted octanol–water partition coefficient (Wildman–Crippen LogP) is 0.458. The van der Waals surface area contributed by atoms with E-state index in [1.165, 1.54) is 0 Å². The molecule has 0 spiro atoms. The van der Waals surface area contributed by atoms with Crippen molar-refractivity contribution in [3.8, 4) is 6.07 Å². The van der Waals surface area contributed by atoms with E-state index in [4.69, 9.17) is 10.4 Å². The molecule has 1 aliphatic rings. The fourth-order valence-electron chi connectivity index (χ4n) is 2.28. The second kappa shape index (κ2) is 6.34. The van der Waals surface area contributed by atoms with E-state index in [0.717, 1.165) is 45.0 Å². The Morgan fingerprint density at radius 1 is 1.33 bits per heavy atom. The topological polar surface area (TPSA) is 63.4 Å². The summed E-state index contributed by atoms with van der Waals surface area (Å²) in [7, 11) is 0. The van der Waals surface area contributed by atoms with Crippen LogP contribution in [0.15, 0.2) is 18.3 Å². The van der Waals surface area contributed by atoms with Crippen LogP contribution in [0.1, 0.15) is 12.0 Å². The maximum atomic E-state index is 9.10. The fourth-order valence-corrected chi connectivity index (χ4v) is 2.28. The number of nitriles is 1. The van der Waals surface area contributed by atoms with Crippen LogP contribution in [-0.4, -0.2) is 54.3 Å². The van der Waals surface area contributed by atoms with Crippen LogP contribution in [0.5, 0.6) is 0 Å². The average Bonchev–Trinajstić information content (AvgIpc) is 2.65. The Morgan fingerprint density at radius 3 is 3.00 bits per heavy atom. The van der Waals surface area contributed by atoms with Crippen molar-refractivity contribution < 1.29 is 5.11 Å². The molecule has 0 unspecified atom stereocenters. The molecule has 0 amide bonds. The van der Waals surface area contributed by atoms with Crippen molar-refractivity contribution in [3.63, 3.8) is 0 Å². The lowest BCUT2D eigenvalue weighted by molar-refractivity contribution is 0.204. The molecule has 1 N–H and O–H groups in total. The van der Waals surface area contributed by atoms with Gasteiger partial charge in [-0.3, -0.25) is 4.90 Å². The summed E-state index contributed by atoms with van der Waals surface area (Å²) in [5.74, 6) is 0.783. The number of hydrogen-bond acceptors (Lipinski definition) is 5. The van der Waals surface area contributed by atoms with Crippen molar-refractivity contribution in [2.24, 2.45) is 0 Å². The van der Waals surface area contributed by atoms with E-state index in [2.05, 4.69) is 20.9 Å². The summed E-state index contributed by atoms with van der Waals surface area (Å²) < 4.78 is 0. The summed E-state index contributed by atoms with van der Waals surface area (Å²) >= 11 is 0. The van der Waals surface area contributed by atoms with E-state index in [9.17, 15) is 0 Å². The van der Waals surface area contributed by atoms with Gasteiger partial charge in [0.15, 0.2) is 0 Å². The van der Waals surface area contributed by atoms with Crippen LogP contribution in [0.25, 0.3) is 0 Å². The molecule has 0 saturated carbocycles. The quantitative estimate of drug-likeness (QED) is 0.839. The predicted molar refractivity (Wildman–Crippen MR) is 69.3 cm³/mol. The van der Waals surface area contributed by atoms with Crippen LogP contribution in [0.4, 0.5) is 5.82 Å². The molecular formula is C13H18N4O. The lowest BCUT2D eigenvalue weighted by Crippen LogP contribution is -2.33. The zero-order valence-corrected chi connectivity index (χ0v) is 10.4. The highest BCUT2D eigenvalue weighted by Gasteiger charge is 2.17. The van der Waals surface area contributed by atoms with Gasteiger partial charge in [-0.2, -0.15) is 5.26 Å². The Balaban J connectivity index is 2.08. The summed E-state index contributed by atoms with van der Waals surface area (Å²) in [4.78, 5) is 8.73. The summed E-state index contributed by atoms with van der Waals surface area (Å²) in [6.45, 7) is 4.58. The van der Waals surface area contributed by atoms with Crippen molar-refractivity contribution in [1.82, 2.24) is 9.88 Å². The number of aliphatic hydroxyl groups excluding tert-OH is 1. The van der Waals surface area contributed by atoms with Gasteiger partial charge in [-0.25, -0.2) is 4.98 Å². The number of aliphatic hydroxyl groups is 1. The Hall–Kier alpha value is -1.64. The minimum Gasteiger partial charge on any atom is -0.395 e. The molecule has 2 heterocycles. The molecule has 1 aromatic rings. The van der Waals surface area contributed by atoms with Gasteiger partial charge in [0.25, 0.3) is 0 Å². The number of pyridine rings is 1. The van der Waals surface area contributed by atoms with Crippen molar-refractivity contribution in [3.05, 3.63) is 23.9 Å². The molecular weight excluding hydrogens is 228 g/mol. The van der Waals surface area contributed by atoms with Crippen LogP contribution >= 0.6 is 0 Å². The van der Waals surface area contributed by atoms with E-state index < -0.39 is 0 Å². The Labute approximate surface area is 107 Å². The molecule has 2 rings (SSSR count). The monoisotopic (exact) mass is 246 g/mol. The molecule has 0 bridgehead atoms. The third kappa shape index (κ3) is 2.97. The fraction of sp³-hybridized carbons (Fsp3) is 0.538. The molecule has 0 aromatic carbocycles. The van der Waals surface area contributed by atoms with Gasteiger partial charge in [-0.15, -0.1) is 0 Å². The number of rotatable bonds is 3. The Morgan fingerprint density at radius 2 is 2.22 bits per heavy atom. The smallest absolute Gasteiger partial charge is 0.146 e. The van der Waals surface area contributed by atoms with Crippen LogP contribution in [0.2, 0.25) is 0 Å². The number of hydrogen-bond donors (Lipinski definition) is 1. The third-order valence-corrected chi connectivity index (χ3v) is 3.21. The van der Waals surface area contributed by atoms with Crippen molar-refractivity contribution in [2.75, 3.05) is 44.2 Å². The van der Waals surface area contributed by atoms with E-state index in [1.807, 2.05) is 0 Å². The van der Waals surface area contributed by atoms with Crippen molar-refractivity contribution in [2.45, 2.75) is 6.42 Å². The number of nitrogens with zero attached hydrogens (tertiary/aromatic N) is 4. The van der Waals surface area contributed by atoms with Crippen LogP contribution < -0.4 is 4.90 Å². The van der Waals surface area contributed by atoms with Gasteiger partial charge in [0.1, 0.15) is 11.9 Å².